The number of halogens is 4. The van der Waals surface area contributed by atoms with Gasteiger partial charge in [-0.1, -0.05) is 15.9 Å². The third-order valence-corrected chi connectivity index (χ3v) is 3.76. The lowest BCUT2D eigenvalue weighted by Gasteiger charge is -2.15. The van der Waals surface area contributed by atoms with Crippen molar-refractivity contribution in [3.8, 4) is 0 Å². The van der Waals surface area contributed by atoms with Gasteiger partial charge < -0.3 is 5.32 Å². The first-order valence-corrected chi connectivity index (χ1v) is 6.88. The molecule has 0 spiro atoms. The second kappa shape index (κ2) is 6.41. The standard InChI is InChI=1S/C15H13BrF3N/c1-9(10-4-13(18)7-14(19)5-10)20-8-11-6-12(17)2-3-15(11)16/h2-7,9,20H,8H2,1H3. The number of nitrogens with one attached hydrogen (secondary N) is 1. The van der Waals surface area contributed by atoms with Gasteiger partial charge >= 0.3 is 0 Å². The van der Waals surface area contributed by atoms with Crippen LogP contribution in [0.25, 0.3) is 0 Å². The molecule has 20 heavy (non-hydrogen) atoms. The van der Waals surface area contributed by atoms with E-state index in [1.807, 2.05) is 0 Å². The molecule has 0 amide bonds. The molecule has 1 atom stereocenters. The van der Waals surface area contributed by atoms with E-state index in [9.17, 15) is 13.2 Å². The first kappa shape index (κ1) is 15.1. The zero-order valence-corrected chi connectivity index (χ0v) is 12.3. The maximum atomic E-state index is 13.2. The van der Waals surface area contributed by atoms with Crippen LogP contribution in [0.5, 0.6) is 0 Å². The lowest BCUT2D eigenvalue weighted by Crippen LogP contribution is -2.18. The van der Waals surface area contributed by atoms with Crippen LogP contribution in [0.4, 0.5) is 13.2 Å². The first-order chi connectivity index (χ1) is 9.45. The van der Waals surface area contributed by atoms with Crippen LogP contribution in [-0.2, 0) is 6.54 Å². The quantitative estimate of drug-likeness (QED) is 0.847. The van der Waals surface area contributed by atoms with Crippen molar-refractivity contribution in [3.63, 3.8) is 0 Å². The van der Waals surface area contributed by atoms with Gasteiger partial charge in [-0.3, -0.25) is 0 Å². The molecule has 2 rings (SSSR count). The predicted octanol–water partition coefficient (Wildman–Crippen LogP) is 4.72. The Balaban J connectivity index is 2.08. The summed E-state index contributed by atoms with van der Waals surface area (Å²) < 4.78 is 40.2. The van der Waals surface area contributed by atoms with Gasteiger partial charge in [-0.25, -0.2) is 13.2 Å². The fourth-order valence-electron chi connectivity index (χ4n) is 1.88. The molecule has 0 saturated carbocycles. The van der Waals surface area contributed by atoms with Crippen LogP contribution < -0.4 is 5.32 Å². The Morgan fingerprint density at radius 1 is 1.00 bits per heavy atom. The predicted molar refractivity (Wildman–Crippen MR) is 75.7 cm³/mol. The highest BCUT2D eigenvalue weighted by molar-refractivity contribution is 9.10. The number of hydrogen-bond donors (Lipinski definition) is 1. The number of hydrogen-bond acceptors (Lipinski definition) is 1. The molecule has 5 heteroatoms. The Bertz CT molecular complexity index is 596. The van der Waals surface area contributed by atoms with Gasteiger partial charge in [-0.2, -0.15) is 0 Å². The average Bonchev–Trinajstić information content (AvgIpc) is 2.38. The zero-order valence-electron chi connectivity index (χ0n) is 10.8. The molecule has 0 aromatic heterocycles. The Kier molecular flexibility index (Phi) is 4.83. The summed E-state index contributed by atoms with van der Waals surface area (Å²) in [4.78, 5) is 0. The molecule has 1 unspecified atom stereocenters. The van der Waals surface area contributed by atoms with Crippen molar-refractivity contribution >= 4 is 15.9 Å². The van der Waals surface area contributed by atoms with Crippen LogP contribution in [0.1, 0.15) is 24.1 Å². The maximum Gasteiger partial charge on any atom is 0.126 e. The van der Waals surface area contributed by atoms with Gasteiger partial charge in [0.1, 0.15) is 17.5 Å². The van der Waals surface area contributed by atoms with Crippen molar-refractivity contribution in [2.24, 2.45) is 0 Å². The molecule has 0 fully saturated rings. The SMILES string of the molecule is CC(NCc1cc(F)ccc1Br)c1cc(F)cc(F)c1. The summed E-state index contributed by atoms with van der Waals surface area (Å²) in [5, 5.41) is 3.11. The number of rotatable bonds is 4. The van der Waals surface area contributed by atoms with Crippen LogP contribution in [-0.4, -0.2) is 0 Å². The van der Waals surface area contributed by atoms with E-state index in [2.05, 4.69) is 21.2 Å². The van der Waals surface area contributed by atoms with E-state index in [1.165, 1.54) is 24.3 Å². The van der Waals surface area contributed by atoms with Crippen LogP contribution in [0.15, 0.2) is 40.9 Å². The van der Waals surface area contributed by atoms with E-state index in [4.69, 9.17) is 0 Å². The highest BCUT2D eigenvalue weighted by Crippen LogP contribution is 2.20. The molecule has 0 radical (unpaired) electrons. The Labute approximate surface area is 123 Å². The van der Waals surface area contributed by atoms with Gasteiger partial charge in [0.25, 0.3) is 0 Å². The van der Waals surface area contributed by atoms with E-state index in [1.54, 1.807) is 13.0 Å². The summed E-state index contributed by atoms with van der Waals surface area (Å²) >= 11 is 3.33. The minimum absolute atomic E-state index is 0.254. The fourth-order valence-corrected chi connectivity index (χ4v) is 2.27. The van der Waals surface area contributed by atoms with Crippen molar-refractivity contribution in [2.75, 3.05) is 0 Å². The Morgan fingerprint density at radius 2 is 1.65 bits per heavy atom. The molecule has 0 aliphatic carbocycles. The molecule has 106 valence electrons. The van der Waals surface area contributed by atoms with E-state index in [0.717, 1.165) is 16.1 Å². The Morgan fingerprint density at radius 3 is 2.30 bits per heavy atom. The second-order valence-electron chi connectivity index (χ2n) is 4.54. The maximum absolute atomic E-state index is 13.2. The molecule has 0 aliphatic rings. The normalized spacial score (nSPS) is 12.4. The molecule has 0 bridgehead atoms. The third kappa shape index (κ3) is 3.84. The molecular weight excluding hydrogens is 331 g/mol. The molecule has 2 aromatic carbocycles. The van der Waals surface area contributed by atoms with Gasteiger partial charge in [0.05, 0.1) is 0 Å². The minimum atomic E-state index is -0.611. The molecule has 0 aliphatic heterocycles. The second-order valence-corrected chi connectivity index (χ2v) is 5.40. The summed E-state index contributed by atoms with van der Waals surface area (Å²) in [6.45, 7) is 2.18. The van der Waals surface area contributed by atoms with Crippen molar-refractivity contribution in [1.29, 1.82) is 0 Å². The topological polar surface area (TPSA) is 12.0 Å². The van der Waals surface area contributed by atoms with Crippen molar-refractivity contribution in [1.82, 2.24) is 5.32 Å². The van der Waals surface area contributed by atoms with E-state index in [-0.39, 0.29) is 11.9 Å². The Hall–Kier alpha value is -1.33. The van der Waals surface area contributed by atoms with E-state index in [0.29, 0.717) is 12.1 Å². The molecule has 2 aromatic rings. The van der Waals surface area contributed by atoms with Crippen LogP contribution in [0.3, 0.4) is 0 Å². The number of benzene rings is 2. The van der Waals surface area contributed by atoms with Crippen LogP contribution >= 0.6 is 15.9 Å². The molecular formula is C15H13BrF3N. The lowest BCUT2D eigenvalue weighted by molar-refractivity contribution is 0.543. The van der Waals surface area contributed by atoms with E-state index < -0.39 is 11.6 Å². The summed E-state index contributed by atoms with van der Waals surface area (Å²) in [6, 6.07) is 7.53. The molecule has 1 nitrogen and oxygen atoms in total. The smallest absolute Gasteiger partial charge is 0.126 e. The van der Waals surface area contributed by atoms with Gasteiger partial charge in [0.2, 0.25) is 0 Å². The van der Waals surface area contributed by atoms with Crippen molar-refractivity contribution in [2.45, 2.75) is 19.5 Å². The average molecular weight is 344 g/mol. The van der Waals surface area contributed by atoms with Crippen molar-refractivity contribution < 1.29 is 13.2 Å². The molecule has 0 heterocycles. The van der Waals surface area contributed by atoms with Crippen molar-refractivity contribution in [3.05, 3.63) is 69.4 Å². The third-order valence-electron chi connectivity index (χ3n) is 2.99. The van der Waals surface area contributed by atoms with E-state index >= 15 is 0 Å². The van der Waals surface area contributed by atoms with Crippen LogP contribution in [0, 0.1) is 17.5 Å². The highest BCUT2D eigenvalue weighted by atomic mass is 79.9. The lowest BCUT2D eigenvalue weighted by atomic mass is 10.1. The summed E-state index contributed by atoms with van der Waals surface area (Å²) in [5.41, 5.74) is 1.25. The highest BCUT2D eigenvalue weighted by Gasteiger charge is 2.09. The van der Waals surface area contributed by atoms with Crippen LogP contribution in [0.2, 0.25) is 0 Å². The van der Waals surface area contributed by atoms with Gasteiger partial charge in [-0.05, 0) is 48.4 Å². The molecule has 0 saturated heterocycles. The largest absolute Gasteiger partial charge is 0.306 e. The zero-order chi connectivity index (χ0) is 14.7. The summed E-state index contributed by atoms with van der Waals surface area (Å²) in [6.07, 6.45) is 0. The minimum Gasteiger partial charge on any atom is -0.306 e. The van der Waals surface area contributed by atoms with Gasteiger partial charge in [0, 0.05) is 23.1 Å². The monoisotopic (exact) mass is 343 g/mol. The van der Waals surface area contributed by atoms with Gasteiger partial charge in [0.15, 0.2) is 0 Å². The summed E-state index contributed by atoms with van der Waals surface area (Å²) in [5.74, 6) is -1.55. The molecule has 1 N–H and O–H groups in total. The first-order valence-electron chi connectivity index (χ1n) is 6.09. The van der Waals surface area contributed by atoms with Gasteiger partial charge in [-0.15, -0.1) is 0 Å². The fraction of sp³-hybridized carbons (Fsp3) is 0.200. The summed E-state index contributed by atoms with van der Waals surface area (Å²) in [7, 11) is 0.